The summed E-state index contributed by atoms with van der Waals surface area (Å²) in [6.07, 6.45) is 7.13. The predicted octanol–water partition coefficient (Wildman–Crippen LogP) is 4.90. The van der Waals surface area contributed by atoms with E-state index in [9.17, 15) is 15.0 Å². The molecule has 45 heavy (non-hydrogen) atoms. The second kappa shape index (κ2) is 12.4. The van der Waals surface area contributed by atoms with Crippen LogP contribution in [0, 0.1) is 0 Å². The molecule has 0 saturated heterocycles. The van der Waals surface area contributed by atoms with Gasteiger partial charge in [-0.2, -0.15) is 5.10 Å². The highest BCUT2D eigenvalue weighted by molar-refractivity contribution is 6.30. The predicted molar refractivity (Wildman–Crippen MR) is 171 cm³/mol. The van der Waals surface area contributed by atoms with E-state index in [1.165, 1.54) is 6.92 Å². The van der Waals surface area contributed by atoms with Crippen molar-refractivity contribution in [1.29, 1.82) is 0 Å². The van der Waals surface area contributed by atoms with Gasteiger partial charge in [0.2, 0.25) is 11.8 Å². The van der Waals surface area contributed by atoms with Crippen LogP contribution in [0.15, 0.2) is 97.7 Å². The molecular formula is C34H31ClN6O4. The van der Waals surface area contributed by atoms with E-state index in [-0.39, 0.29) is 30.7 Å². The van der Waals surface area contributed by atoms with Crippen LogP contribution in [0.1, 0.15) is 34.9 Å². The first-order valence-electron chi connectivity index (χ1n) is 14.3. The van der Waals surface area contributed by atoms with E-state index in [0.717, 1.165) is 11.3 Å². The van der Waals surface area contributed by atoms with Crippen molar-refractivity contribution in [3.8, 4) is 17.3 Å². The molecule has 1 amide bonds. The number of ether oxygens (including phenoxy) is 1. The van der Waals surface area contributed by atoms with Gasteiger partial charge in [-0.15, -0.1) is 0 Å². The van der Waals surface area contributed by atoms with Crippen LogP contribution in [0.3, 0.4) is 0 Å². The van der Waals surface area contributed by atoms with Gasteiger partial charge in [-0.3, -0.25) is 4.79 Å². The fourth-order valence-corrected chi connectivity index (χ4v) is 5.52. The molecule has 0 aliphatic carbocycles. The molecule has 0 radical (unpaired) electrons. The number of rotatable bonds is 10. The maximum atomic E-state index is 12.4. The Kier molecular flexibility index (Phi) is 8.25. The third-order valence-corrected chi connectivity index (χ3v) is 7.94. The van der Waals surface area contributed by atoms with Gasteiger partial charge in [-0.25, -0.2) is 14.6 Å². The van der Waals surface area contributed by atoms with Crippen LogP contribution < -0.4 is 10.1 Å². The fourth-order valence-electron chi connectivity index (χ4n) is 5.39. The van der Waals surface area contributed by atoms with E-state index in [0.29, 0.717) is 44.7 Å². The summed E-state index contributed by atoms with van der Waals surface area (Å²) in [6.45, 7) is 1.88. The van der Waals surface area contributed by atoms with E-state index in [1.54, 1.807) is 70.4 Å². The molecule has 1 unspecified atom stereocenters. The number of aromatic nitrogens is 5. The van der Waals surface area contributed by atoms with Crippen LogP contribution in [-0.4, -0.2) is 53.6 Å². The number of aryl methyl sites for hydroxylation is 1. The number of aliphatic hydroxyl groups is 1. The number of pyridine rings is 1. The summed E-state index contributed by atoms with van der Waals surface area (Å²) in [4.78, 5) is 20.4. The molecule has 3 N–H and O–H groups in total. The van der Waals surface area contributed by atoms with Gasteiger partial charge in [-0.1, -0.05) is 41.9 Å². The lowest BCUT2D eigenvalue weighted by molar-refractivity contribution is -0.119. The van der Waals surface area contributed by atoms with Gasteiger partial charge in [-0.05, 0) is 59.2 Å². The number of nitrogens with one attached hydrogen (secondary N) is 1. The molecule has 11 heteroatoms. The molecule has 0 aliphatic heterocycles. The van der Waals surface area contributed by atoms with Crippen molar-refractivity contribution < 1.29 is 19.7 Å². The first kappa shape index (κ1) is 29.9. The summed E-state index contributed by atoms with van der Waals surface area (Å²) in [5.74, 6) is 0.0735. The number of nitrogens with zero attached hydrogens (tertiary/aromatic N) is 5. The van der Waals surface area contributed by atoms with E-state index in [4.69, 9.17) is 21.3 Å². The highest BCUT2D eigenvalue weighted by Crippen LogP contribution is 2.41. The van der Waals surface area contributed by atoms with Crippen molar-refractivity contribution >= 4 is 28.4 Å². The minimum Gasteiger partial charge on any atom is -0.507 e. The summed E-state index contributed by atoms with van der Waals surface area (Å²) in [5, 5.41) is 32.2. The molecule has 0 saturated carbocycles. The minimum absolute atomic E-state index is 0.0176. The molecule has 6 rings (SSSR count). The first-order valence-corrected chi connectivity index (χ1v) is 14.7. The third-order valence-electron chi connectivity index (χ3n) is 7.69. The fraction of sp³-hybridized carbons (Fsp3) is 0.176. The molecule has 10 nitrogen and oxygen atoms in total. The third kappa shape index (κ3) is 5.98. The van der Waals surface area contributed by atoms with Gasteiger partial charge < -0.3 is 24.8 Å². The SMILES string of the molecule is CC(=O)NCCOc1nc2ccc(C(O)(c3ccc(Cl)cc3)c3cncn3C)cc2c(O)c1Cc1ccc(-n2cccn2)cc1. The summed E-state index contributed by atoms with van der Waals surface area (Å²) in [7, 11) is 1.81. The Bertz CT molecular complexity index is 1960. The molecule has 228 valence electrons. The van der Waals surface area contributed by atoms with Crippen LogP contribution in [0.4, 0.5) is 0 Å². The van der Waals surface area contributed by atoms with E-state index < -0.39 is 5.60 Å². The van der Waals surface area contributed by atoms with Gasteiger partial charge >= 0.3 is 0 Å². The molecule has 0 spiro atoms. The summed E-state index contributed by atoms with van der Waals surface area (Å²) in [5.41, 5.74) is 2.77. The van der Waals surface area contributed by atoms with E-state index in [2.05, 4.69) is 15.4 Å². The van der Waals surface area contributed by atoms with Gasteiger partial charge in [0.25, 0.3) is 0 Å². The van der Waals surface area contributed by atoms with Gasteiger partial charge in [0.05, 0.1) is 41.5 Å². The summed E-state index contributed by atoms with van der Waals surface area (Å²) in [6, 6.07) is 21.9. The van der Waals surface area contributed by atoms with Crippen molar-refractivity contribution in [2.45, 2.75) is 18.9 Å². The standard InChI is InChI=1S/C34H31ClN6O4/c1-22(42)37-15-17-45-33-29(18-23-4-11-27(12-5-23)41-16-3-14-38-41)32(43)28-19-25(8-13-30(28)39-33)34(44,31-20-36-21-40(31)2)24-6-9-26(35)10-7-24/h3-14,16,19-21,44H,15,17-18H2,1-2H3,(H,37,42)(H,39,43). The highest BCUT2D eigenvalue weighted by atomic mass is 35.5. The number of fused-ring (bicyclic) bond motifs is 1. The van der Waals surface area contributed by atoms with Crippen LogP contribution in [-0.2, 0) is 23.9 Å². The Morgan fingerprint density at radius 1 is 1.07 bits per heavy atom. The number of hydrogen-bond donors (Lipinski definition) is 3. The molecule has 3 aromatic heterocycles. The van der Waals surface area contributed by atoms with Crippen LogP contribution >= 0.6 is 11.6 Å². The van der Waals surface area contributed by atoms with Gasteiger partial charge in [0, 0.05) is 43.2 Å². The molecule has 3 aromatic carbocycles. The normalized spacial score (nSPS) is 12.6. The van der Waals surface area contributed by atoms with Gasteiger partial charge in [0.1, 0.15) is 12.4 Å². The van der Waals surface area contributed by atoms with E-state index in [1.807, 2.05) is 43.6 Å². The summed E-state index contributed by atoms with van der Waals surface area (Å²) >= 11 is 6.18. The lowest BCUT2D eigenvalue weighted by Gasteiger charge is -2.30. The zero-order valence-electron chi connectivity index (χ0n) is 24.7. The lowest BCUT2D eigenvalue weighted by Crippen LogP contribution is -2.31. The first-order chi connectivity index (χ1) is 21.7. The molecule has 6 aromatic rings. The zero-order chi connectivity index (χ0) is 31.6. The Labute approximate surface area is 264 Å². The molecular weight excluding hydrogens is 592 g/mol. The number of benzene rings is 3. The summed E-state index contributed by atoms with van der Waals surface area (Å²) < 4.78 is 9.53. The second-order valence-electron chi connectivity index (χ2n) is 10.7. The molecule has 3 heterocycles. The highest BCUT2D eigenvalue weighted by Gasteiger charge is 2.37. The number of amides is 1. The monoisotopic (exact) mass is 622 g/mol. The van der Waals surface area contributed by atoms with Crippen LogP contribution in [0.25, 0.3) is 16.6 Å². The Morgan fingerprint density at radius 3 is 2.49 bits per heavy atom. The van der Waals surface area contributed by atoms with Crippen molar-refractivity contribution in [2.75, 3.05) is 13.2 Å². The largest absolute Gasteiger partial charge is 0.507 e. The van der Waals surface area contributed by atoms with Crippen molar-refractivity contribution in [3.63, 3.8) is 0 Å². The van der Waals surface area contributed by atoms with Crippen LogP contribution in [0.5, 0.6) is 11.6 Å². The number of hydrogen-bond acceptors (Lipinski definition) is 7. The van der Waals surface area contributed by atoms with Crippen molar-refractivity contribution in [3.05, 3.63) is 131 Å². The lowest BCUT2D eigenvalue weighted by atomic mass is 9.83. The molecule has 0 bridgehead atoms. The number of carbonyl (C=O) groups excluding carboxylic acids is 1. The zero-order valence-corrected chi connectivity index (χ0v) is 25.4. The second-order valence-corrected chi connectivity index (χ2v) is 11.1. The average Bonchev–Trinajstić information content (AvgIpc) is 3.74. The number of imidazole rings is 1. The Morgan fingerprint density at radius 2 is 1.82 bits per heavy atom. The quantitative estimate of drug-likeness (QED) is 0.185. The maximum Gasteiger partial charge on any atom is 0.221 e. The van der Waals surface area contributed by atoms with E-state index >= 15 is 0 Å². The van der Waals surface area contributed by atoms with Crippen molar-refractivity contribution in [2.24, 2.45) is 7.05 Å². The molecule has 0 aliphatic rings. The maximum absolute atomic E-state index is 12.4. The Balaban J connectivity index is 1.45. The topological polar surface area (TPSA) is 127 Å². The van der Waals surface area contributed by atoms with Crippen LogP contribution in [0.2, 0.25) is 5.02 Å². The average molecular weight is 623 g/mol. The molecule has 0 fully saturated rings. The Hall–Kier alpha value is -5.19. The number of carbonyl (C=O) groups is 1. The number of aromatic hydroxyl groups is 1. The smallest absolute Gasteiger partial charge is 0.221 e. The minimum atomic E-state index is -1.62. The number of halogens is 1. The van der Waals surface area contributed by atoms with Gasteiger partial charge in [0.15, 0.2) is 5.60 Å². The van der Waals surface area contributed by atoms with Crippen molar-refractivity contribution in [1.82, 2.24) is 29.6 Å². The molecule has 1 atom stereocenters.